The standard InChI is InChI=1S/C77H140O17P2/c1-5-9-13-17-21-25-29-33-34-35-36-40-44-48-52-56-60-64-77(82)94-73(68-88-75(80)62-58-54-50-46-42-38-31-27-23-19-15-11-7-3)70-92-96(85,86)90-66-71(78)65-89-95(83,84)91-69-72(93-76(81)63-59-55-51-47-43-39-32-28-24-20-16-12-8-4)67-87-74(79)61-57-53-49-45-41-37-30-26-22-18-14-10-6-2/h21,25-26,30,33-34,36,40,48,52,71-73,78H,5-20,22-24,27-29,31-32,35,37-39,41-47,49-51,53-70H2,1-4H3,(H,83,84)(H,85,86)/b25-21-,30-26-,34-33-,40-36-,52-48-/t71-,72+,73+/m0/s1. The van der Waals surface area contributed by atoms with Gasteiger partial charge in [-0.1, -0.05) is 294 Å². The third kappa shape index (κ3) is 69.2. The van der Waals surface area contributed by atoms with Crippen LogP contribution in [0.25, 0.3) is 0 Å². The predicted molar refractivity (Wildman–Crippen MR) is 390 cm³/mol. The van der Waals surface area contributed by atoms with Gasteiger partial charge in [-0.2, -0.15) is 0 Å². The summed E-state index contributed by atoms with van der Waals surface area (Å²) in [7, 11) is -9.95. The Bertz CT molecular complexity index is 2060. The van der Waals surface area contributed by atoms with Gasteiger partial charge in [-0.25, -0.2) is 9.13 Å². The number of carbonyl (C=O) groups is 4. The predicted octanol–water partition coefficient (Wildman–Crippen LogP) is 21.9. The second-order valence-electron chi connectivity index (χ2n) is 26.0. The highest BCUT2D eigenvalue weighted by Gasteiger charge is 2.30. The van der Waals surface area contributed by atoms with Gasteiger partial charge >= 0.3 is 39.5 Å². The molecule has 560 valence electrons. The molecule has 0 saturated carbocycles. The number of allylic oxidation sites excluding steroid dienone is 10. The topological polar surface area (TPSA) is 237 Å². The summed E-state index contributed by atoms with van der Waals surface area (Å²) in [6.07, 6.45) is 67.9. The molecule has 17 nitrogen and oxygen atoms in total. The van der Waals surface area contributed by atoms with E-state index in [9.17, 15) is 43.2 Å². The Balaban J connectivity index is 5.36. The van der Waals surface area contributed by atoms with Crippen LogP contribution < -0.4 is 0 Å². The zero-order valence-electron chi connectivity index (χ0n) is 61.1. The number of hydrogen-bond acceptors (Lipinski definition) is 15. The van der Waals surface area contributed by atoms with Gasteiger partial charge in [0.05, 0.1) is 26.4 Å². The summed E-state index contributed by atoms with van der Waals surface area (Å²) in [6.45, 7) is 4.81. The molecule has 0 spiro atoms. The van der Waals surface area contributed by atoms with Crippen molar-refractivity contribution in [2.75, 3.05) is 39.6 Å². The summed E-state index contributed by atoms with van der Waals surface area (Å²) < 4.78 is 68.4. The molecule has 0 aromatic carbocycles. The molecular formula is C77H140O17P2. The number of carbonyl (C=O) groups excluding carboxylic acids is 4. The maximum Gasteiger partial charge on any atom is 0.472 e. The number of phosphoric ester groups is 2. The zero-order valence-corrected chi connectivity index (χ0v) is 62.8. The van der Waals surface area contributed by atoms with E-state index in [0.29, 0.717) is 32.1 Å². The minimum Gasteiger partial charge on any atom is -0.462 e. The van der Waals surface area contributed by atoms with Gasteiger partial charge in [0.2, 0.25) is 0 Å². The molecule has 0 radical (unpaired) electrons. The first-order chi connectivity index (χ1) is 46.7. The Kier molecular flexibility index (Phi) is 67.8. The average Bonchev–Trinajstić information content (AvgIpc) is 1.26. The van der Waals surface area contributed by atoms with Crippen LogP contribution in [0.4, 0.5) is 0 Å². The maximum atomic E-state index is 13.1. The minimum atomic E-state index is -4.98. The highest BCUT2D eigenvalue weighted by atomic mass is 31.2. The van der Waals surface area contributed by atoms with Crippen LogP contribution in [0.2, 0.25) is 0 Å². The molecule has 0 amide bonds. The van der Waals surface area contributed by atoms with E-state index >= 15 is 0 Å². The van der Waals surface area contributed by atoms with E-state index in [1.807, 2.05) is 12.2 Å². The van der Waals surface area contributed by atoms with Crippen molar-refractivity contribution in [3.8, 4) is 0 Å². The summed E-state index contributed by atoms with van der Waals surface area (Å²) in [5.41, 5.74) is 0. The van der Waals surface area contributed by atoms with Crippen molar-refractivity contribution in [3.05, 3.63) is 60.8 Å². The van der Waals surface area contributed by atoms with Gasteiger partial charge in [0.25, 0.3) is 0 Å². The van der Waals surface area contributed by atoms with Crippen molar-refractivity contribution in [1.82, 2.24) is 0 Å². The number of phosphoric acid groups is 2. The Morgan fingerprint density at radius 2 is 0.521 bits per heavy atom. The number of rotatable bonds is 73. The molecule has 96 heavy (non-hydrogen) atoms. The van der Waals surface area contributed by atoms with Crippen LogP contribution in [-0.4, -0.2) is 96.7 Å². The number of esters is 4. The number of ether oxygens (including phenoxy) is 4. The normalized spacial score (nSPS) is 14.3. The van der Waals surface area contributed by atoms with E-state index in [2.05, 4.69) is 76.3 Å². The number of aliphatic hydroxyl groups is 1. The monoisotopic (exact) mass is 1400 g/mol. The molecule has 19 heteroatoms. The summed E-state index contributed by atoms with van der Waals surface area (Å²) in [4.78, 5) is 72.8. The second-order valence-corrected chi connectivity index (χ2v) is 28.9. The SMILES string of the molecule is CCCCC/C=C\C/C=C\C/C=C\C/C=C\CCCC(=O)O[C@H](COC(=O)CCCCCCCCCCCCCCC)COP(=O)(O)OC[C@@H](O)COP(=O)(O)OC[C@@H](COC(=O)CCCCCCC/C=C\CCCCCC)OC(=O)CCCCCCCCCCCCCCC. The minimum absolute atomic E-state index is 0.0242. The molecular weight excluding hydrogens is 1260 g/mol. The first kappa shape index (κ1) is 92.8. The smallest absolute Gasteiger partial charge is 0.462 e. The van der Waals surface area contributed by atoms with Crippen molar-refractivity contribution >= 4 is 39.5 Å². The molecule has 0 saturated heterocycles. The number of unbranched alkanes of at least 4 members (excludes halogenated alkanes) is 37. The molecule has 0 bridgehead atoms. The lowest BCUT2D eigenvalue weighted by Gasteiger charge is -2.21. The highest BCUT2D eigenvalue weighted by molar-refractivity contribution is 7.47. The Morgan fingerprint density at radius 3 is 0.865 bits per heavy atom. The fourth-order valence-electron chi connectivity index (χ4n) is 10.6. The van der Waals surface area contributed by atoms with Crippen LogP contribution in [0.1, 0.15) is 349 Å². The van der Waals surface area contributed by atoms with Gasteiger partial charge in [0, 0.05) is 25.7 Å². The Hall–Kier alpha value is -3.24. The quantitative estimate of drug-likeness (QED) is 0.0169. The molecule has 3 N–H and O–H groups in total. The van der Waals surface area contributed by atoms with E-state index in [1.165, 1.54) is 154 Å². The third-order valence-electron chi connectivity index (χ3n) is 16.5. The van der Waals surface area contributed by atoms with Gasteiger partial charge in [-0.3, -0.25) is 37.3 Å². The number of hydrogen-bond donors (Lipinski definition) is 3. The van der Waals surface area contributed by atoms with Crippen LogP contribution in [0, 0.1) is 0 Å². The maximum absolute atomic E-state index is 13.1. The average molecular weight is 1400 g/mol. The van der Waals surface area contributed by atoms with Crippen molar-refractivity contribution in [1.29, 1.82) is 0 Å². The van der Waals surface area contributed by atoms with Crippen LogP contribution >= 0.6 is 15.6 Å². The van der Waals surface area contributed by atoms with E-state index in [1.54, 1.807) is 0 Å². The van der Waals surface area contributed by atoms with Gasteiger partial charge in [0.15, 0.2) is 12.2 Å². The fourth-order valence-corrected chi connectivity index (χ4v) is 12.1. The van der Waals surface area contributed by atoms with Gasteiger partial charge < -0.3 is 33.8 Å². The summed E-state index contributed by atoms with van der Waals surface area (Å²) in [6, 6.07) is 0. The fraction of sp³-hybridized carbons (Fsp3) is 0.818. The molecule has 0 aliphatic heterocycles. The molecule has 0 aromatic rings. The molecule has 0 rings (SSSR count). The largest absolute Gasteiger partial charge is 0.472 e. The lowest BCUT2D eigenvalue weighted by atomic mass is 10.0. The molecule has 5 atom stereocenters. The second kappa shape index (κ2) is 70.2. The van der Waals surface area contributed by atoms with E-state index in [-0.39, 0.29) is 25.7 Å². The van der Waals surface area contributed by atoms with Crippen LogP contribution in [-0.2, 0) is 65.4 Å². The first-order valence-corrected chi connectivity index (χ1v) is 41.5. The van der Waals surface area contributed by atoms with Gasteiger partial charge in [-0.15, -0.1) is 0 Å². The Morgan fingerprint density at radius 1 is 0.292 bits per heavy atom. The van der Waals surface area contributed by atoms with Crippen molar-refractivity contribution in [2.24, 2.45) is 0 Å². The first-order valence-electron chi connectivity index (χ1n) is 38.5. The van der Waals surface area contributed by atoms with Crippen molar-refractivity contribution in [2.45, 2.75) is 367 Å². The van der Waals surface area contributed by atoms with Crippen molar-refractivity contribution < 1.29 is 80.2 Å². The summed E-state index contributed by atoms with van der Waals surface area (Å²) >= 11 is 0. The molecule has 0 aliphatic carbocycles. The summed E-state index contributed by atoms with van der Waals surface area (Å²) in [5, 5.41) is 10.6. The highest BCUT2D eigenvalue weighted by Crippen LogP contribution is 2.45. The molecule has 0 aromatic heterocycles. The zero-order chi connectivity index (χ0) is 70.4. The Labute approximate surface area is 584 Å². The molecule has 0 heterocycles. The van der Waals surface area contributed by atoms with Gasteiger partial charge in [-0.05, 0) is 89.9 Å². The third-order valence-corrected chi connectivity index (χ3v) is 18.4. The van der Waals surface area contributed by atoms with E-state index in [0.717, 1.165) is 109 Å². The molecule has 0 fully saturated rings. The van der Waals surface area contributed by atoms with Crippen LogP contribution in [0.15, 0.2) is 60.8 Å². The van der Waals surface area contributed by atoms with Crippen LogP contribution in [0.3, 0.4) is 0 Å². The van der Waals surface area contributed by atoms with E-state index in [4.69, 9.17) is 37.0 Å². The molecule has 2 unspecified atom stereocenters. The lowest BCUT2D eigenvalue weighted by Crippen LogP contribution is -2.30. The lowest BCUT2D eigenvalue weighted by molar-refractivity contribution is -0.161. The van der Waals surface area contributed by atoms with Gasteiger partial charge in [0.1, 0.15) is 19.3 Å². The van der Waals surface area contributed by atoms with Crippen LogP contribution in [0.5, 0.6) is 0 Å². The summed E-state index contributed by atoms with van der Waals surface area (Å²) in [5.74, 6) is -2.22. The van der Waals surface area contributed by atoms with E-state index < -0.39 is 97.5 Å². The molecule has 0 aliphatic rings. The number of aliphatic hydroxyl groups excluding tert-OH is 1. The van der Waals surface area contributed by atoms with Crippen molar-refractivity contribution in [3.63, 3.8) is 0 Å².